The van der Waals surface area contributed by atoms with E-state index in [2.05, 4.69) is 17.1 Å². The van der Waals surface area contributed by atoms with Crippen molar-refractivity contribution in [1.82, 2.24) is 10.2 Å². The summed E-state index contributed by atoms with van der Waals surface area (Å²) in [6.45, 7) is 6.34. The molecule has 0 amide bonds. The molecule has 0 spiro atoms. The Morgan fingerprint density at radius 1 is 1.16 bits per heavy atom. The predicted molar refractivity (Wildman–Crippen MR) is 76.4 cm³/mol. The SMILES string of the molecule is CC(CNCc1ccc(O)c(O)c1)N1CCCCC1. The number of hydrogen-bond donors (Lipinski definition) is 3. The second kappa shape index (κ2) is 6.78. The minimum atomic E-state index is -0.0644. The van der Waals surface area contributed by atoms with Gasteiger partial charge in [0.25, 0.3) is 0 Å². The van der Waals surface area contributed by atoms with Crippen LogP contribution in [0.1, 0.15) is 31.7 Å². The van der Waals surface area contributed by atoms with Crippen LogP contribution < -0.4 is 5.32 Å². The minimum Gasteiger partial charge on any atom is -0.504 e. The Bertz CT molecular complexity index is 403. The quantitative estimate of drug-likeness (QED) is 0.713. The summed E-state index contributed by atoms with van der Waals surface area (Å²) in [6.07, 6.45) is 4.00. The van der Waals surface area contributed by atoms with Crippen molar-refractivity contribution in [3.63, 3.8) is 0 Å². The van der Waals surface area contributed by atoms with Crippen molar-refractivity contribution < 1.29 is 10.2 Å². The van der Waals surface area contributed by atoms with Gasteiger partial charge in [-0.2, -0.15) is 0 Å². The van der Waals surface area contributed by atoms with E-state index in [1.54, 1.807) is 6.07 Å². The van der Waals surface area contributed by atoms with E-state index in [1.807, 2.05) is 6.07 Å². The van der Waals surface area contributed by atoms with Crippen molar-refractivity contribution >= 4 is 0 Å². The van der Waals surface area contributed by atoms with E-state index >= 15 is 0 Å². The van der Waals surface area contributed by atoms with Crippen LogP contribution in [0.5, 0.6) is 11.5 Å². The van der Waals surface area contributed by atoms with Gasteiger partial charge in [0.05, 0.1) is 0 Å². The van der Waals surface area contributed by atoms with Crippen LogP contribution in [-0.4, -0.2) is 40.8 Å². The third-order valence-electron chi connectivity index (χ3n) is 3.82. The molecule has 1 aliphatic heterocycles. The first-order valence-corrected chi connectivity index (χ1v) is 7.12. The molecule has 0 aromatic heterocycles. The number of phenolic OH excluding ortho intramolecular Hbond substituents is 2. The maximum atomic E-state index is 9.43. The molecular formula is C15H24N2O2. The molecule has 4 heteroatoms. The fourth-order valence-electron chi connectivity index (χ4n) is 2.59. The number of likely N-dealkylation sites (tertiary alicyclic amines) is 1. The van der Waals surface area contributed by atoms with Crippen LogP contribution in [0.15, 0.2) is 18.2 Å². The van der Waals surface area contributed by atoms with Crippen LogP contribution in [0.25, 0.3) is 0 Å². The largest absolute Gasteiger partial charge is 0.504 e. The number of piperidine rings is 1. The lowest BCUT2D eigenvalue weighted by Gasteiger charge is -2.32. The number of rotatable bonds is 5. The summed E-state index contributed by atoms with van der Waals surface area (Å²) in [4.78, 5) is 2.53. The maximum Gasteiger partial charge on any atom is 0.157 e. The van der Waals surface area contributed by atoms with Gasteiger partial charge in [-0.25, -0.2) is 0 Å². The van der Waals surface area contributed by atoms with E-state index in [1.165, 1.54) is 38.4 Å². The van der Waals surface area contributed by atoms with Gasteiger partial charge in [-0.3, -0.25) is 4.90 Å². The lowest BCUT2D eigenvalue weighted by atomic mass is 10.1. The molecule has 2 rings (SSSR count). The maximum absolute atomic E-state index is 9.43. The van der Waals surface area contributed by atoms with Crippen LogP contribution in [0.2, 0.25) is 0 Å². The molecule has 0 radical (unpaired) electrons. The summed E-state index contributed by atoms with van der Waals surface area (Å²) in [5.41, 5.74) is 0.987. The molecule has 1 aromatic rings. The number of hydrogen-bond acceptors (Lipinski definition) is 4. The molecule has 0 bridgehead atoms. The summed E-state index contributed by atoms with van der Waals surface area (Å²) < 4.78 is 0. The van der Waals surface area contributed by atoms with Crippen LogP contribution >= 0.6 is 0 Å². The minimum absolute atomic E-state index is 0.0524. The Kier molecular flexibility index (Phi) is 5.05. The first-order chi connectivity index (χ1) is 9.16. The average molecular weight is 264 g/mol. The highest BCUT2D eigenvalue weighted by Crippen LogP contribution is 2.24. The fraction of sp³-hybridized carbons (Fsp3) is 0.600. The summed E-state index contributed by atoms with van der Waals surface area (Å²) in [7, 11) is 0. The number of nitrogens with one attached hydrogen (secondary N) is 1. The van der Waals surface area contributed by atoms with E-state index in [9.17, 15) is 10.2 Å². The molecule has 3 N–H and O–H groups in total. The molecule has 19 heavy (non-hydrogen) atoms. The molecule has 1 atom stereocenters. The molecule has 1 heterocycles. The highest BCUT2D eigenvalue weighted by atomic mass is 16.3. The van der Waals surface area contributed by atoms with E-state index in [0.29, 0.717) is 12.6 Å². The summed E-state index contributed by atoms with van der Waals surface area (Å²) in [6, 6.07) is 5.51. The molecule has 0 saturated carbocycles. The van der Waals surface area contributed by atoms with Gasteiger partial charge in [-0.05, 0) is 50.6 Å². The molecule has 106 valence electrons. The molecule has 4 nitrogen and oxygen atoms in total. The van der Waals surface area contributed by atoms with Gasteiger partial charge in [0, 0.05) is 19.1 Å². The van der Waals surface area contributed by atoms with E-state index in [-0.39, 0.29) is 11.5 Å². The average Bonchev–Trinajstić information content (AvgIpc) is 2.43. The highest BCUT2D eigenvalue weighted by molar-refractivity contribution is 5.40. The number of benzene rings is 1. The van der Waals surface area contributed by atoms with Crippen molar-refractivity contribution in [2.75, 3.05) is 19.6 Å². The number of nitrogens with zero attached hydrogens (tertiary/aromatic N) is 1. The molecule has 1 aliphatic rings. The van der Waals surface area contributed by atoms with Crippen LogP contribution in [0.3, 0.4) is 0 Å². The predicted octanol–water partition coefficient (Wildman–Crippen LogP) is 2.06. The number of aromatic hydroxyl groups is 2. The zero-order valence-corrected chi connectivity index (χ0v) is 11.6. The van der Waals surface area contributed by atoms with E-state index < -0.39 is 0 Å². The zero-order chi connectivity index (χ0) is 13.7. The standard InChI is InChI=1S/C15H24N2O2/c1-12(17-7-3-2-4-8-17)10-16-11-13-5-6-14(18)15(19)9-13/h5-6,9,12,16,18-19H,2-4,7-8,10-11H2,1H3. The second-order valence-corrected chi connectivity index (χ2v) is 5.40. The summed E-state index contributed by atoms with van der Waals surface area (Å²) in [5.74, 6) is -0.117. The van der Waals surface area contributed by atoms with Crippen molar-refractivity contribution in [3.8, 4) is 11.5 Å². The highest BCUT2D eigenvalue weighted by Gasteiger charge is 2.15. The van der Waals surface area contributed by atoms with E-state index in [4.69, 9.17) is 0 Å². The van der Waals surface area contributed by atoms with Gasteiger partial charge in [0.15, 0.2) is 11.5 Å². The molecule has 1 unspecified atom stereocenters. The first kappa shape index (κ1) is 14.2. The van der Waals surface area contributed by atoms with Gasteiger partial charge < -0.3 is 15.5 Å². The van der Waals surface area contributed by atoms with E-state index in [0.717, 1.165) is 12.1 Å². The molecular weight excluding hydrogens is 240 g/mol. The van der Waals surface area contributed by atoms with Crippen LogP contribution in [-0.2, 0) is 6.54 Å². The monoisotopic (exact) mass is 264 g/mol. The molecule has 1 fully saturated rings. The Hall–Kier alpha value is -1.26. The van der Waals surface area contributed by atoms with Crippen LogP contribution in [0, 0.1) is 0 Å². The van der Waals surface area contributed by atoms with Gasteiger partial charge in [0.2, 0.25) is 0 Å². The van der Waals surface area contributed by atoms with Gasteiger partial charge in [0.1, 0.15) is 0 Å². The lowest BCUT2D eigenvalue weighted by molar-refractivity contribution is 0.170. The molecule has 1 saturated heterocycles. The Labute approximate surface area is 115 Å². The third kappa shape index (κ3) is 4.11. The topological polar surface area (TPSA) is 55.7 Å². The normalized spacial score (nSPS) is 18.4. The van der Waals surface area contributed by atoms with Gasteiger partial charge in [-0.15, -0.1) is 0 Å². The first-order valence-electron chi connectivity index (χ1n) is 7.12. The van der Waals surface area contributed by atoms with Crippen molar-refractivity contribution in [2.24, 2.45) is 0 Å². The molecule has 1 aromatic carbocycles. The molecule has 0 aliphatic carbocycles. The second-order valence-electron chi connectivity index (χ2n) is 5.40. The van der Waals surface area contributed by atoms with Crippen molar-refractivity contribution in [3.05, 3.63) is 23.8 Å². The van der Waals surface area contributed by atoms with Crippen LogP contribution in [0.4, 0.5) is 0 Å². The number of phenols is 2. The lowest BCUT2D eigenvalue weighted by Crippen LogP contribution is -2.42. The Morgan fingerprint density at radius 3 is 2.58 bits per heavy atom. The van der Waals surface area contributed by atoms with Crippen molar-refractivity contribution in [1.29, 1.82) is 0 Å². The Morgan fingerprint density at radius 2 is 1.89 bits per heavy atom. The fourth-order valence-corrected chi connectivity index (χ4v) is 2.59. The Balaban J connectivity index is 1.74. The summed E-state index contributed by atoms with van der Waals surface area (Å²) in [5, 5.41) is 22.1. The van der Waals surface area contributed by atoms with Crippen molar-refractivity contribution in [2.45, 2.75) is 38.8 Å². The van der Waals surface area contributed by atoms with Gasteiger partial charge >= 0.3 is 0 Å². The zero-order valence-electron chi connectivity index (χ0n) is 11.6. The summed E-state index contributed by atoms with van der Waals surface area (Å²) >= 11 is 0. The smallest absolute Gasteiger partial charge is 0.157 e. The third-order valence-corrected chi connectivity index (χ3v) is 3.82. The van der Waals surface area contributed by atoms with Gasteiger partial charge in [-0.1, -0.05) is 12.5 Å².